The number of imidazole rings is 1. The molecule has 1 aliphatic rings. The van der Waals surface area contributed by atoms with Crippen LogP contribution in [0, 0.1) is 0 Å². The monoisotopic (exact) mass is 249 g/mol. The van der Waals surface area contributed by atoms with E-state index in [2.05, 4.69) is 9.88 Å². The van der Waals surface area contributed by atoms with Crippen LogP contribution in [0.4, 0.5) is 0 Å². The normalized spacial score (nSPS) is 19.8. The molecule has 1 aromatic rings. The van der Waals surface area contributed by atoms with Crippen LogP contribution in [0.1, 0.15) is 49.1 Å². The Bertz CT molecular complexity index is 414. The number of aromatic nitrogens is 2. The zero-order valence-corrected chi connectivity index (χ0v) is 11.6. The molecule has 0 aliphatic heterocycles. The van der Waals surface area contributed by atoms with Crippen LogP contribution in [0.2, 0.25) is 0 Å². The number of hydrogen-bond donors (Lipinski definition) is 0. The van der Waals surface area contributed by atoms with Crippen molar-refractivity contribution in [2.75, 3.05) is 14.1 Å². The fraction of sp³-hybridized carbons (Fsp3) is 0.714. The van der Waals surface area contributed by atoms with Crippen molar-refractivity contribution >= 4 is 5.78 Å². The summed E-state index contributed by atoms with van der Waals surface area (Å²) in [6.45, 7) is 0. The van der Waals surface area contributed by atoms with E-state index in [4.69, 9.17) is 0 Å². The standard InChI is InChI=1S/C14H23N3O/c1-16(2)14(8-6-4-5-7-9-14)12(18)13-15-10-11-17(13)3/h10-11H,4-9H2,1-3H3. The topological polar surface area (TPSA) is 38.1 Å². The van der Waals surface area contributed by atoms with E-state index < -0.39 is 0 Å². The lowest BCUT2D eigenvalue weighted by atomic mass is 9.84. The molecule has 1 saturated carbocycles. The fourth-order valence-electron chi connectivity index (χ4n) is 2.98. The summed E-state index contributed by atoms with van der Waals surface area (Å²) < 4.78 is 1.83. The van der Waals surface area contributed by atoms with Crippen LogP contribution >= 0.6 is 0 Å². The van der Waals surface area contributed by atoms with E-state index in [9.17, 15) is 4.79 Å². The maximum Gasteiger partial charge on any atom is 0.218 e. The molecule has 0 N–H and O–H groups in total. The second kappa shape index (κ2) is 5.22. The fourth-order valence-corrected chi connectivity index (χ4v) is 2.98. The summed E-state index contributed by atoms with van der Waals surface area (Å²) in [5.41, 5.74) is -0.352. The van der Waals surface area contributed by atoms with Gasteiger partial charge in [-0.3, -0.25) is 9.69 Å². The lowest BCUT2D eigenvalue weighted by molar-refractivity contribution is 0.0620. The minimum atomic E-state index is -0.352. The molecule has 0 unspecified atom stereocenters. The second-order valence-corrected chi connectivity index (χ2v) is 5.53. The van der Waals surface area contributed by atoms with Crippen LogP contribution in [0.5, 0.6) is 0 Å². The van der Waals surface area contributed by atoms with Crippen molar-refractivity contribution in [1.82, 2.24) is 14.5 Å². The highest BCUT2D eigenvalue weighted by Gasteiger charge is 2.42. The summed E-state index contributed by atoms with van der Waals surface area (Å²) in [5.74, 6) is 0.771. The first-order valence-electron chi connectivity index (χ1n) is 6.77. The molecule has 100 valence electrons. The number of nitrogens with zero attached hydrogens (tertiary/aromatic N) is 3. The third-order valence-corrected chi connectivity index (χ3v) is 4.23. The van der Waals surface area contributed by atoms with Gasteiger partial charge in [0.15, 0.2) is 5.82 Å². The number of carbonyl (C=O) groups is 1. The van der Waals surface area contributed by atoms with Crippen LogP contribution in [0.25, 0.3) is 0 Å². The lowest BCUT2D eigenvalue weighted by Crippen LogP contribution is -2.51. The van der Waals surface area contributed by atoms with Gasteiger partial charge in [0, 0.05) is 19.4 Å². The molecular formula is C14H23N3O. The molecule has 2 rings (SSSR count). The Kier molecular flexibility index (Phi) is 3.85. The molecule has 0 atom stereocenters. The van der Waals surface area contributed by atoms with Gasteiger partial charge in [-0.05, 0) is 26.9 Å². The summed E-state index contributed by atoms with van der Waals surface area (Å²) in [6, 6.07) is 0. The zero-order valence-electron chi connectivity index (χ0n) is 11.6. The Morgan fingerprint density at radius 3 is 2.33 bits per heavy atom. The number of rotatable bonds is 3. The van der Waals surface area contributed by atoms with Gasteiger partial charge >= 0.3 is 0 Å². The first-order valence-corrected chi connectivity index (χ1v) is 6.77. The summed E-state index contributed by atoms with van der Waals surface area (Å²) in [6.07, 6.45) is 10.2. The molecule has 1 aromatic heterocycles. The van der Waals surface area contributed by atoms with Gasteiger partial charge in [-0.15, -0.1) is 0 Å². The molecule has 0 bridgehead atoms. The number of carbonyl (C=O) groups excluding carboxylic acids is 1. The van der Waals surface area contributed by atoms with Crippen molar-refractivity contribution in [2.45, 2.75) is 44.1 Å². The third-order valence-electron chi connectivity index (χ3n) is 4.23. The van der Waals surface area contributed by atoms with E-state index in [1.165, 1.54) is 12.8 Å². The number of ketones is 1. The van der Waals surface area contributed by atoms with Crippen molar-refractivity contribution in [3.05, 3.63) is 18.2 Å². The number of Topliss-reactive ketones (excluding diaryl/α,β-unsaturated/α-hetero) is 1. The molecule has 0 amide bonds. The largest absolute Gasteiger partial charge is 0.332 e. The molecule has 1 heterocycles. The minimum Gasteiger partial charge on any atom is -0.332 e. The lowest BCUT2D eigenvalue weighted by Gasteiger charge is -2.37. The van der Waals surface area contributed by atoms with Crippen LogP contribution in [-0.2, 0) is 7.05 Å². The number of aryl methyl sites for hydroxylation is 1. The van der Waals surface area contributed by atoms with Crippen molar-refractivity contribution in [3.63, 3.8) is 0 Å². The Hall–Kier alpha value is -1.16. The van der Waals surface area contributed by atoms with Crippen molar-refractivity contribution in [2.24, 2.45) is 7.05 Å². The summed E-state index contributed by atoms with van der Waals surface area (Å²) >= 11 is 0. The Labute approximate surface area is 109 Å². The molecule has 0 radical (unpaired) electrons. The average Bonchev–Trinajstić information content (AvgIpc) is 2.63. The molecule has 18 heavy (non-hydrogen) atoms. The third kappa shape index (κ3) is 2.21. The van der Waals surface area contributed by atoms with Crippen molar-refractivity contribution in [1.29, 1.82) is 0 Å². The molecule has 1 aliphatic carbocycles. The maximum absolute atomic E-state index is 12.9. The highest BCUT2D eigenvalue weighted by molar-refractivity contribution is 6.00. The average molecular weight is 249 g/mol. The predicted octanol–water partition coefficient (Wildman–Crippen LogP) is 2.26. The number of hydrogen-bond acceptors (Lipinski definition) is 3. The van der Waals surface area contributed by atoms with E-state index in [0.29, 0.717) is 5.82 Å². The van der Waals surface area contributed by atoms with Gasteiger partial charge in [-0.1, -0.05) is 25.7 Å². The van der Waals surface area contributed by atoms with E-state index in [1.54, 1.807) is 6.20 Å². The molecule has 4 nitrogen and oxygen atoms in total. The first kappa shape index (κ1) is 13.3. The van der Waals surface area contributed by atoms with Crippen LogP contribution in [0.15, 0.2) is 12.4 Å². The molecular weight excluding hydrogens is 226 g/mol. The SMILES string of the molecule is CN(C)C1(C(=O)c2nccn2C)CCCCCC1. The van der Waals surface area contributed by atoms with E-state index in [-0.39, 0.29) is 11.3 Å². The van der Waals surface area contributed by atoms with E-state index in [0.717, 1.165) is 25.7 Å². The molecule has 0 spiro atoms. The zero-order chi connectivity index (χ0) is 13.2. The van der Waals surface area contributed by atoms with E-state index in [1.807, 2.05) is 31.9 Å². The second-order valence-electron chi connectivity index (χ2n) is 5.53. The molecule has 0 saturated heterocycles. The number of likely N-dealkylation sites (N-methyl/N-ethyl adjacent to an activating group) is 1. The summed E-state index contributed by atoms with van der Waals surface area (Å²) in [5, 5.41) is 0. The highest BCUT2D eigenvalue weighted by atomic mass is 16.1. The van der Waals surface area contributed by atoms with Crippen LogP contribution < -0.4 is 0 Å². The van der Waals surface area contributed by atoms with Crippen LogP contribution in [-0.4, -0.2) is 39.9 Å². The van der Waals surface area contributed by atoms with Gasteiger partial charge in [0.25, 0.3) is 0 Å². The van der Waals surface area contributed by atoms with Gasteiger partial charge in [0.1, 0.15) is 0 Å². The van der Waals surface area contributed by atoms with Gasteiger partial charge in [-0.25, -0.2) is 4.98 Å². The van der Waals surface area contributed by atoms with Gasteiger partial charge in [0.2, 0.25) is 5.78 Å². The quantitative estimate of drug-likeness (QED) is 0.609. The van der Waals surface area contributed by atoms with Gasteiger partial charge < -0.3 is 4.57 Å². The Morgan fingerprint density at radius 1 is 1.28 bits per heavy atom. The smallest absolute Gasteiger partial charge is 0.218 e. The Morgan fingerprint density at radius 2 is 1.89 bits per heavy atom. The minimum absolute atomic E-state index is 0.182. The highest BCUT2D eigenvalue weighted by Crippen LogP contribution is 2.33. The van der Waals surface area contributed by atoms with Gasteiger partial charge in [-0.2, -0.15) is 0 Å². The summed E-state index contributed by atoms with van der Waals surface area (Å²) in [4.78, 5) is 19.2. The first-order chi connectivity index (χ1) is 8.58. The van der Waals surface area contributed by atoms with Gasteiger partial charge in [0.05, 0.1) is 5.54 Å². The predicted molar refractivity (Wildman–Crippen MR) is 71.7 cm³/mol. The molecule has 4 heteroatoms. The molecule has 0 aromatic carbocycles. The molecule has 1 fully saturated rings. The maximum atomic E-state index is 12.9. The van der Waals surface area contributed by atoms with E-state index >= 15 is 0 Å². The summed E-state index contributed by atoms with van der Waals surface area (Å²) in [7, 11) is 5.93. The Balaban J connectivity index is 2.35. The van der Waals surface area contributed by atoms with Crippen LogP contribution in [0.3, 0.4) is 0 Å². The van der Waals surface area contributed by atoms with Crippen molar-refractivity contribution in [3.8, 4) is 0 Å². The van der Waals surface area contributed by atoms with Crippen molar-refractivity contribution < 1.29 is 4.79 Å².